The van der Waals surface area contributed by atoms with Crippen molar-refractivity contribution in [1.82, 2.24) is 0 Å². The fourth-order valence-electron chi connectivity index (χ4n) is 3.44. The fourth-order valence-corrected chi connectivity index (χ4v) is 3.44. The van der Waals surface area contributed by atoms with Crippen LogP contribution in [0.25, 0.3) is 5.76 Å². The van der Waals surface area contributed by atoms with Gasteiger partial charge in [-0.2, -0.15) is 0 Å². The van der Waals surface area contributed by atoms with Gasteiger partial charge in [0.15, 0.2) is 0 Å². The summed E-state index contributed by atoms with van der Waals surface area (Å²) in [4.78, 5) is 26.8. The van der Waals surface area contributed by atoms with Crippen molar-refractivity contribution < 1.29 is 23.5 Å². The van der Waals surface area contributed by atoms with Gasteiger partial charge in [-0.25, -0.2) is 8.78 Å². The molecule has 1 amide bonds. The first-order chi connectivity index (χ1) is 14.0. The van der Waals surface area contributed by atoms with E-state index in [1.165, 1.54) is 30.3 Å². The molecule has 1 atom stereocenters. The molecular weight excluding hydrogens is 376 g/mol. The SMILES string of the molecule is O=C1C(=O)N(c2ccc(F)cc2)C(c2ccccc2F)/C1=C(\O)c1ccccc1. The molecule has 3 aromatic rings. The van der Waals surface area contributed by atoms with Gasteiger partial charge < -0.3 is 5.11 Å². The summed E-state index contributed by atoms with van der Waals surface area (Å²) in [6, 6.07) is 17.7. The number of benzene rings is 3. The highest BCUT2D eigenvalue weighted by molar-refractivity contribution is 6.51. The van der Waals surface area contributed by atoms with Crippen LogP contribution in [-0.4, -0.2) is 16.8 Å². The minimum Gasteiger partial charge on any atom is -0.507 e. The molecule has 0 aliphatic carbocycles. The average molecular weight is 391 g/mol. The maximum absolute atomic E-state index is 14.7. The molecule has 1 heterocycles. The Kier molecular flexibility index (Phi) is 4.68. The predicted octanol–water partition coefficient (Wildman–Crippen LogP) is 4.59. The van der Waals surface area contributed by atoms with Crippen LogP contribution in [0.3, 0.4) is 0 Å². The molecule has 3 aromatic carbocycles. The molecule has 1 N–H and O–H groups in total. The number of ketones is 1. The zero-order valence-corrected chi connectivity index (χ0v) is 15.0. The highest BCUT2D eigenvalue weighted by atomic mass is 19.1. The van der Waals surface area contributed by atoms with E-state index in [0.29, 0.717) is 5.56 Å². The number of rotatable bonds is 3. The van der Waals surface area contributed by atoms with E-state index in [0.717, 1.165) is 17.0 Å². The van der Waals surface area contributed by atoms with Gasteiger partial charge in [-0.1, -0.05) is 48.5 Å². The van der Waals surface area contributed by atoms with Crippen LogP contribution in [0.4, 0.5) is 14.5 Å². The number of aliphatic hydroxyl groups excluding tert-OH is 1. The number of Topliss-reactive ketones (excluding diaryl/α,β-unsaturated/α-hetero) is 1. The van der Waals surface area contributed by atoms with Crippen LogP contribution in [0.1, 0.15) is 17.2 Å². The third-order valence-corrected chi connectivity index (χ3v) is 4.80. The number of hydrogen-bond donors (Lipinski definition) is 1. The molecule has 0 saturated carbocycles. The van der Waals surface area contributed by atoms with E-state index < -0.39 is 35.1 Å². The van der Waals surface area contributed by atoms with Gasteiger partial charge >= 0.3 is 0 Å². The van der Waals surface area contributed by atoms with Gasteiger partial charge in [-0.05, 0) is 30.3 Å². The van der Waals surface area contributed by atoms with Crippen LogP contribution in [0.5, 0.6) is 0 Å². The van der Waals surface area contributed by atoms with Crippen LogP contribution >= 0.6 is 0 Å². The van der Waals surface area contributed by atoms with Gasteiger partial charge in [-0.15, -0.1) is 0 Å². The zero-order chi connectivity index (χ0) is 20.5. The standard InChI is InChI=1S/C23H15F2NO3/c24-15-10-12-16(13-11-15)26-20(17-8-4-5-9-18(17)25)19(22(28)23(26)29)21(27)14-6-2-1-3-7-14/h1-13,20,27H/b21-19+. The van der Waals surface area contributed by atoms with E-state index in [2.05, 4.69) is 0 Å². The maximum Gasteiger partial charge on any atom is 0.300 e. The quantitative estimate of drug-likeness (QED) is 0.404. The second kappa shape index (κ2) is 7.31. The minimum atomic E-state index is -1.19. The number of anilines is 1. The second-order valence-electron chi connectivity index (χ2n) is 6.53. The molecule has 1 saturated heterocycles. The average Bonchev–Trinajstić information content (AvgIpc) is 3.00. The van der Waals surface area contributed by atoms with Crippen LogP contribution in [0.2, 0.25) is 0 Å². The molecular formula is C23H15F2NO3. The van der Waals surface area contributed by atoms with E-state index in [1.807, 2.05) is 0 Å². The van der Waals surface area contributed by atoms with Crippen molar-refractivity contribution in [2.45, 2.75) is 6.04 Å². The second-order valence-corrected chi connectivity index (χ2v) is 6.53. The molecule has 0 radical (unpaired) electrons. The lowest BCUT2D eigenvalue weighted by Crippen LogP contribution is -2.29. The van der Waals surface area contributed by atoms with E-state index >= 15 is 0 Å². The Labute approximate surface area is 165 Å². The lowest BCUT2D eigenvalue weighted by Gasteiger charge is -2.25. The van der Waals surface area contributed by atoms with Gasteiger partial charge in [0, 0.05) is 16.8 Å². The third kappa shape index (κ3) is 3.18. The summed E-state index contributed by atoms with van der Waals surface area (Å²) in [5.41, 5.74) is 0.365. The zero-order valence-electron chi connectivity index (χ0n) is 15.0. The van der Waals surface area contributed by atoms with Crippen molar-refractivity contribution in [2.24, 2.45) is 0 Å². The van der Waals surface area contributed by atoms with Gasteiger partial charge in [-0.3, -0.25) is 14.5 Å². The fraction of sp³-hybridized carbons (Fsp3) is 0.0435. The Bertz CT molecular complexity index is 1120. The molecule has 1 aliphatic heterocycles. The first-order valence-corrected chi connectivity index (χ1v) is 8.85. The van der Waals surface area contributed by atoms with Gasteiger partial charge in [0.25, 0.3) is 11.7 Å². The normalized spacial score (nSPS) is 18.3. The molecule has 29 heavy (non-hydrogen) atoms. The summed E-state index contributed by atoms with van der Waals surface area (Å²) in [5.74, 6) is -3.42. The van der Waals surface area contributed by atoms with Crippen LogP contribution < -0.4 is 4.90 Å². The molecule has 4 nitrogen and oxygen atoms in total. The summed E-state index contributed by atoms with van der Waals surface area (Å²) >= 11 is 0. The summed E-state index contributed by atoms with van der Waals surface area (Å²) < 4.78 is 28.1. The molecule has 1 aliphatic rings. The minimum absolute atomic E-state index is 0.0495. The van der Waals surface area contributed by atoms with E-state index in [9.17, 15) is 23.5 Å². The molecule has 144 valence electrons. The predicted molar refractivity (Wildman–Crippen MR) is 104 cm³/mol. The number of carbonyl (C=O) groups is 2. The van der Waals surface area contributed by atoms with Crippen molar-refractivity contribution in [3.63, 3.8) is 0 Å². The number of carbonyl (C=O) groups excluding carboxylic acids is 2. The first-order valence-electron chi connectivity index (χ1n) is 8.85. The molecule has 0 spiro atoms. The molecule has 1 unspecified atom stereocenters. The third-order valence-electron chi connectivity index (χ3n) is 4.80. The Balaban J connectivity index is 1.97. The summed E-state index contributed by atoms with van der Waals surface area (Å²) in [6.07, 6.45) is 0. The van der Waals surface area contributed by atoms with Crippen LogP contribution in [-0.2, 0) is 9.59 Å². The number of hydrogen-bond acceptors (Lipinski definition) is 3. The van der Waals surface area contributed by atoms with Gasteiger partial charge in [0.05, 0.1) is 11.6 Å². The van der Waals surface area contributed by atoms with E-state index in [4.69, 9.17) is 0 Å². The van der Waals surface area contributed by atoms with Crippen LogP contribution in [0, 0.1) is 11.6 Å². The van der Waals surface area contributed by atoms with Gasteiger partial charge in [0.1, 0.15) is 17.4 Å². The number of amides is 1. The molecule has 0 aromatic heterocycles. The van der Waals surface area contributed by atoms with Crippen molar-refractivity contribution in [3.8, 4) is 0 Å². The summed E-state index contributed by atoms with van der Waals surface area (Å²) in [6.45, 7) is 0. The molecule has 0 bridgehead atoms. The lowest BCUT2D eigenvalue weighted by atomic mass is 9.94. The number of nitrogens with zero attached hydrogens (tertiary/aromatic N) is 1. The lowest BCUT2D eigenvalue weighted by molar-refractivity contribution is -0.132. The van der Waals surface area contributed by atoms with Crippen molar-refractivity contribution in [1.29, 1.82) is 0 Å². The smallest absolute Gasteiger partial charge is 0.300 e. The van der Waals surface area contributed by atoms with Crippen molar-refractivity contribution >= 4 is 23.1 Å². The summed E-state index contributed by atoms with van der Waals surface area (Å²) in [5, 5.41) is 10.8. The first kappa shape index (κ1) is 18.6. The Hall–Kier alpha value is -3.80. The largest absolute Gasteiger partial charge is 0.507 e. The van der Waals surface area contributed by atoms with Crippen LogP contribution in [0.15, 0.2) is 84.4 Å². The Morgan fingerprint density at radius 2 is 1.45 bits per heavy atom. The van der Waals surface area contributed by atoms with Crippen molar-refractivity contribution in [2.75, 3.05) is 4.90 Å². The maximum atomic E-state index is 14.7. The molecule has 4 rings (SSSR count). The van der Waals surface area contributed by atoms with Crippen molar-refractivity contribution in [3.05, 3.63) is 107 Å². The van der Waals surface area contributed by atoms with E-state index in [1.54, 1.807) is 36.4 Å². The Morgan fingerprint density at radius 1 is 0.828 bits per heavy atom. The highest BCUT2D eigenvalue weighted by Crippen LogP contribution is 2.42. The summed E-state index contributed by atoms with van der Waals surface area (Å²) in [7, 11) is 0. The topological polar surface area (TPSA) is 57.6 Å². The van der Waals surface area contributed by atoms with Gasteiger partial charge in [0.2, 0.25) is 0 Å². The highest BCUT2D eigenvalue weighted by Gasteiger charge is 2.47. The number of halogens is 2. The molecule has 1 fully saturated rings. The Morgan fingerprint density at radius 3 is 2.10 bits per heavy atom. The van der Waals surface area contributed by atoms with E-state index in [-0.39, 0.29) is 16.8 Å². The molecule has 6 heteroatoms. The monoisotopic (exact) mass is 391 g/mol. The number of aliphatic hydroxyl groups is 1.